The number of nitrogens with zero attached hydrogens (tertiary/aromatic N) is 1. The van der Waals surface area contributed by atoms with E-state index in [0.717, 1.165) is 12.1 Å². The number of carbonyl (C=O) groups is 2. The Labute approximate surface area is 142 Å². The maximum Gasteiger partial charge on any atom is 0.417 e. The van der Waals surface area contributed by atoms with Crippen molar-refractivity contribution in [3.63, 3.8) is 0 Å². The van der Waals surface area contributed by atoms with Crippen LogP contribution in [-0.4, -0.2) is 35.5 Å². The Morgan fingerprint density at radius 1 is 1.38 bits per heavy atom. The number of carbonyl (C=O) groups excluding carboxylic acids is 2. The number of benzene rings is 1. The van der Waals surface area contributed by atoms with Crippen molar-refractivity contribution in [3.8, 4) is 0 Å². The van der Waals surface area contributed by atoms with Crippen molar-refractivity contribution in [1.29, 1.82) is 0 Å². The van der Waals surface area contributed by atoms with Crippen molar-refractivity contribution in [2.75, 3.05) is 11.9 Å². The summed E-state index contributed by atoms with van der Waals surface area (Å²) in [5.41, 5.74) is -1.06. The van der Waals surface area contributed by atoms with E-state index in [9.17, 15) is 22.8 Å². The van der Waals surface area contributed by atoms with Crippen LogP contribution in [0.4, 0.5) is 23.7 Å². The van der Waals surface area contributed by atoms with Crippen LogP contribution in [0.25, 0.3) is 0 Å². The average molecular weight is 364 g/mol. The maximum absolute atomic E-state index is 12.8. The number of amides is 3. The minimum absolute atomic E-state index is 0.0259. The largest absolute Gasteiger partial charge is 0.417 e. The van der Waals surface area contributed by atoms with Gasteiger partial charge in [-0.05, 0) is 32.0 Å². The summed E-state index contributed by atoms with van der Waals surface area (Å²) in [6, 6.07) is 2.08. The van der Waals surface area contributed by atoms with E-state index >= 15 is 0 Å². The van der Waals surface area contributed by atoms with E-state index in [1.165, 1.54) is 6.07 Å². The fourth-order valence-electron chi connectivity index (χ4n) is 2.50. The number of anilines is 1. The van der Waals surface area contributed by atoms with Crippen LogP contribution in [0.15, 0.2) is 18.2 Å². The summed E-state index contributed by atoms with van der Waals surface area (Å²) in [5.74, 6) is -0.0684. The van der Waals surface area contributed by atoms with Crippen LogP contribution in [-0.2, 0) is 11.0 Å². The van der Waals surface area contributed by atoms with E-state index in [1.54, 1.807) is 4.90 Å². The molecule has 5 nitrogen and oxygen atoms in total. The van der Waals surface area contributed by atoms with Gasteiger partial charge in [-0.2, -0.15) is 13.2 Å². The molecule has 1 fully saturated rings. The average Bonchev–Trinajstić information content (AvgIpc) is 2.80. The summed E-state index contributed by atoms with van der Waals surface area (Å²) in [4.78, 5) is 25.3. The van der Waals surface area contributed by atoms with Crippen molar-refractivity contribution < 1.29 is 22.8 Å². The van der Waals surface area contributed by atoms with E-state index in [1.807, 2.05) is 13.8 Å². The number of likely N-dealkylation sites (tertiary alicyclic amines) is 1. The SMILES string of the molecule is CC(C)N1CC(NC(=O)Nc2ccc(Cl)c(C(F)(F)F)c2)CC1=O. The molecular formula is C15H17ClF3N3O2. The molecule has 0 spiro atoms. The topological polar surface area (TPSA) is 61.4 Å². The van der Waals surface area contributed by atoms with Gasteiger partial charge in [0.25, 0.3) is 0 Å². The van der Waals surface area contributed by atoms with Gasteiger partial charge in [0.15, 0.2) is 0 Å². The quantitative estimate of drug-likeness (QED) is 0.863. The number of halogens is 4. The highest BCUT2D eigenvalue weighted by molar-refractivity contribution is 6.31. The first-order valence-corrected chi connectivity index (χ1v) is 7.69. The molecule has 1 saturated heterocycles. The second-order valence-electron chi connectivity index (χ2n) is 5.83. The van der Waals surface area contributed by atoms with Gasteiger partial charge in [-0.25, -0.2) is 4.79 Å². The number of rotatable bonds is 3. The molecule has 1 atom stereocenters. The van der Waals surface area contributed by atoms with Crippen molar-refractivity contribution >= 4 is 29.2 Å². The van der Waals surface area contributed by atoms with Gasteiger partial charge in [0.05, 0.1) is 16.6 Å². The zero-order chi connectivity index (χ0) is 18.1. The molecule has 1 aromatic rings. The van der Waals surface area contributed by atoms with Crippen LogP contribution >= 0.6 is 11.6 Å². The summed E-state index contributed by atoms with van der Waals surface area (Å²) >= 11 is 5.53. The molecule has 132 valence electrons. The standard InChI is InChI=1S/C15H17ClF3N3O2/c1-8(2)22-7-10(6-13(22)23)21-14(24)20-9-3-4-12(16)11(5-9)15(17,18)19/h3-5,8,10H,6-7H2,1-2H3,(H2,20,21,24). The molecule has 0 aromatic heterocycles. The second kappa shape index (κ2) is 6.88. The molecule has 9 heteroatoms. The smallest absolute Gasteiger partial charge is 0.338 e. The third-order valence-electron chi connectivity index (χ3n) is 3.65. The predicted molar refractivity (Wildman–Crippen MR) is 83.9 cm³/mol. The van der Waals surface area contributed by atoms with E-state index in [0.29, 0.717) is 6.54 Å². The Bertz CT molecular complexity index is 649. The first-order chi connectivity index (χ1) is 11.1. The zero-order valence-corrected chi connectivity index (χ0v) is 13.8. The summed E-state index contributed by atoms with van der Waals surface area (Å²) in [5, 5.41) is 4.48. The van der Waals surface area contributed by atoms with Gasteiger partial charge < -0.3 is 15.5 Å². The lowest BCUT2D eigenvalue weighted by Gasteiger charge is -2.21. The minimum atomic E-state index is -4.61. The third kappa shape index (κ3) is 4.31. The number of alkyl halides is 3. The van der Waals surface area contributed by atoms with E-state index in [4.69, 9.17) is 11.6 Å². The van der Waals surface area contributed by atoms with Crippen molar-refractivity contribution in [2.45, 2.75) is 38.5 Å². The molecule has 0 bridgehead atoms. The number of hydrogen-bond acceptors (Lipinski definition) is 2. The first kappa shape index (κ1) is 18.4. The number of nitrogens with one attached hydrogen (secondary N) is 2. The molecule has 0 saturated carbocycles. The monoisotopic (exact) mass is 363 g/mol. The molecule has 2 rings (SSSR count). The van der Waals surface area contributed by atoms with Gasteiger partial charge >= 0.3 is 12.2 Å². The number of hydrogen-bond donors (Lipinski definition) is 2. The Kier molecular flexibility index (Phi) is 5.27. The Hall–Kier alpha value is -1.96. The van der Waals surface area contributed by atoms with Gasteiger partial charge in [-0.15, -0.1) is 0 Å². The maximum atomic E-state index is 12.8. The molecule has 1 aliphatic heterocycles. The van der Waals surface area contributed by atoms with Gasteiger partial charge in [-0.1, -0.05) is 11.6 Å². The van der Waals surface area contributed by atoms with Crippen LogP contribution in [0.2, 0.25) is 5.02 Å². The van der Waals surface area contributed by atoms with Gasteiger partial charge in [0.2, 0.25) is 5.91 Å². The molecular weight excluding hydrogens is 347 g/mol. The van der Waals surface area contributed by atoms with Crippen LogP contribution in [0.5, 0.6) is 0 Å². The molecule has 24 heavy (non-hydrogen) atoms. The van der Waals surface area contributed by atoms with Crippen LogP contribution in [0, 0.1) is 0 Å². The van der Waals surface area contributed by atoms with Crippen LogP contribution in [0.3, 0.4) is 0 Å². The lowest BCUT2D eigenvalue weighted by molar-refractivity contribution is -0.137. The normalized spacial score (nSPS) is 18.2. The fourth-order valence-corrected chi connectivity index (χ4v) is 2.72. The van der Waals surface area contributed by atoms with E-state index in [2.05, 4.69) is 10.6 Å². The fraction of sp³-hybridized carbons (Fsp3) is 0.467. The lowest BCUT2D eigenvalue weighted by Crippen LogP contribution is -2.40. The lowest BCUT2D eigenvalue weighted by atomic mass is 10.2. The van der Waals surface area contributed by atoms with Crippen LogP contribution < -0.4 is 10.6 Å². The Morgan fingerprint density at radius 3 is 2.58 bits per heavy atom. The van der Waals surface area contributed by atoms with Crippen molar-refractivity contribution in [2.24, 2.45) is 0 Å². The molecule has 1 unspecified atom stereocenters. The van der Waals surface area contributed by atoms with Crippen LogP contribution in [0.1, 0.15) is 25.8 Å². The minimum Gasteiger partial charge on any atom is -0.338 e. The summed E-state index contributed by atoms with van der Waals surface area (Å²) in [6.07, 6.45) is -4.44. The van der Waals surface area contributed by atoms with Gasteiger partial charge in [0.1, 0.15) is 0 Å². The van der Waals surface area contributed by atoms with E-state index < -0.39 is 22.8 Å². The third-order valence-corrected chi connectivity index (χ3v) is 3.98. The molecule has 0 aliphatic carbocycles. The van der Waals surface area contributed by atoms with Crippen molar-refractivity contribution in [1.82, 2.24) is 10.2 Å². The van der Waals surface area contributed by atoms with Crippen molar-refractivity contribution in [3.05, 3.63) is 28.8 Å². The highest BCUT2D eigenvalue weighted by Gasteiger charge is 2.34. The van der Waals surface area contributed by atoms with Gasteiger partial charge in [-0.3, -0.25) is 4.79 Å². The first-order valence-electron chi connectivity index (χ1n) is 7.31. The summed E-state index contributed by atoms with van der Waals surface area (Å²) in [6.45, 7) is 4.11. The van der Waals surface area contributed by atoms with Gasteiger partial charge in [0, 0.05) is 24.7 Å². The molecule has 1 aromatic carbocycles. The highest BCUT2D eigenvalue weighted by atomic mass is 35.5. The Morgan fingerprint density at radius 2 is 2.04 bits per heavy atom. The highest BCUT2D eigenvalue weighted by Crippen LogP contribution is 2.36. The molecule has 3 amide bonds. The number of urea groups is 1. The zero-order valence-electron chi connectivity index (χ0n) is 13.1. The Balaban J connectivity index is 2.00. The summed E-state index contributed by atoms with van der Waals surface area (Å²) < 4.78 is 38.4. The molecule has 2 N–H and O–H groups in total. The molecule has 1 aliphatic rings. The summed E-state index contributed by atoms with van der Waals surface area (Å²) in [7, 11) is 0. The molecule has 1 heterocycles. The van der Waals surface area contributed by atoms with E-state index in [-0.39, 0.29) is 30.1 Å². The predicted octanol–water partition coefficient (Wildman–Crippen LogP) is 3.49. The molecule has 0 radical (unpaired) electrons. The second-order valence-corrected chi connectivity index (χ2v) is 6.24.